The Bertz CT molecular complexity index is 1470. The van der Waals surface area contributed by atoms with Crippen LogP contribution < -0.4 is 10.2 Å². The van der Waals surface area contributed by atoms with E-state index in [2.05, 4.69) is 5.10 Å². The first-order chi connectivity index (χ1) is 18.6. The maximum absolute atomic E-state index is 15.4. The number of ether oxygens (including phenoxy) is 2. The molecule has 8 nitrogen and oxygen atoms in total. The number of carbonyl (C=O) groups is 2. The van der Waals surface area contributed by atoms with Gasteiger partial charge in [-0.25, -0.2) is 8.78 Å². The lowest BCUT2D eigenvalue weighted by atomic mass is 9.79. The van der Waals surface area contributed by atoms with Crippen molar-refractivity contribution in [2.45, 2.75) is 51.6 Å². The van der Waals surface area contributed by atoms with Crippen LogP contribution in [0.2, 0.25) is 0 Å². The molecule has 1 fully saturated rings. The van der Waals surface area contributed by atoms with E-state index in [-0.39, 0.29) is 23.0 Å². The van der Waals surface area contributed by atoms with Crippen LogP contribution >= 0.6 is 0 Å². The fourth-order valence-electron chi connectivity index (χ4n) is 5.41. The molecule has 1 aromatic heterocycles. The summed E-state index contributed by atoms with van der Waals surface area (Å²) in [6, 6.07) is 12.0. The minimum absolute atomic E-state index is 0.112. The molecule has 0 aliphatic carbocycles. The lowest BCUT2D eigenvalue weighted by molar-refractivity contribution is -0.159. The molecule has 10 heteroatoms. The van der Waals surface area contributed by atoms with Crippen molar-refractivity contribution in [3.05, 3.63) is 93.4 Å². The highest BCUT2D eigenvalue weighted by atomic mass is 19.2. The summed E-state index contributed by atoms with van der Waals surface area (Å²) < 4.78 is 42.0. The predicted molar refractivity (Wildman–Crippen MR) is 137 cm³/mol. The Morgan fingerprint density at radius 2 is 1.85 bits per heavy atom. The van der Waals surface area contributed by atoms with Crippen molar-refractivity contribution >= 4 is 11.9 Å². The highest BCUT2D eigenvalue weighted by Gasteiger charge is 2.49. The number of halogens is 2. The van der Waals surface area contributed by atoms with Gasteiger partial charge in [0.15, 0.2) is 17.3 Å². The van der Waals surface area contributed by atoms with Crippen molar-refractivity contribution < 1.29 is 27.8 Å². The molecule has 5 rings (SSSR count). The quantitative estimate of drug-likeness (QED) is 0.341. The Hall–Kier alpha value is -4.08. The van der Waals surface area contributed by atoms with Crippen molar-refractivity contribution in [2.24, 2.45) is 5.41 Å². The third kappa shape index (κ3) is 4.79. The van der Waals surface area contributed by atoms with Gasteiger partial charge in [-0.1, -0.05) is 42.5 Å². The van der Waals surface area contributed by atoms with Crippen LogP contribution in [0.3, 0.4) is 0 Å². The SMILES string of the molecule is CC(C)(C)C(=O)OCOc1c2n(ncc1=O)[C@@H](C(c1ccccc1)c1cccc(F)c1F)[C@H]1CCCN1C2=O. The second-order valence-electron chi connectivity index (χ2n) is 10.8. The number of hydrogen-bond donors (Lipinski definition) is 0. The number of rotatable bonds is 6. The molecule has 3 heterocycles. The van der Waals surface area contributed by atoms with E-state index in [1.165, 1.54) is 16.8 Å². The van der Waals surface area contributed by atoms with E-state index in [4.69, 9.17) is 9.47 Å². The van der Waals surface area contributed by atoms with E-state index in [0.29, 0.717) is 24.9 Å². The topological polar surface area (TPSA) is 90.7 Å². The van der Waals surface area contributed by atoms with E-state index in [9.17, 15) is 18.8 Å². The van der Waals surface area contributed by atoms with Crippen LogP contribution in [-0.4, -0.2) is 45.9 Å². The largest absolute Gasteiger partial charge is 0.451 e. The zero-order valence-corrected chi connectivity index (χ0v) is 21.9. The number of fused-ring (bicyclic) bond motifs is 2. The molecule has 204 valence electrons. The van der Waals surface area contributed by atoms with Crippen molar-refractivity contribution in [1.29, 1.82) is 0 Å². The second-order valence-corrected chi connectivity index (χ2v) is 10.8. The highest BCUT2D eigenvalue weighted by molar-refractivity contribution is 5.96. The van der Waals surface area contributed by atoms with Gasteiger partial charge >= 0.3 is 5.97 Å². The van der Waals surface area contributed by atoms with E-state index < -0.39 is 53.1 Å². The summed E-state index contributed by atoms with van der Waals surface area (Å²) in [4.78, 5) is 40.4. The van der Waals surface area contributed by atoms with Crippen LogP contribution in [0.15, 0.2) is 59.5 Å². The van der Waals surface area contributed by atoms with Gasteiger partial charge in [0.2, 0.25) is 18.0 Å². The van der Waals surface area contributed by atoms with E-state index in [1.807, 2.05) is 18.2 Å². The lowest BCUT2D eigenvalue weighted by Crippen LogP contribution is -2.51. The molecule has 0 N–H and O–H groups in total. The lowest BCUT2D eigenvalue weighted by Gasteiger charge is -2.42. The number of esters is 1. The summed E-state index contributed by atoms with van der Waals surface area (Å²) in [6.07, 6.45) is 2.33. The first-order valence-electron chi connectivity index (χ1n) is 12.8. The van der Waals surface area contributed by atoms with Gasteiger partial charge in [0.05, 0.1) is 23.7 Å². The molecule has 3 aromatic rings. The number of nitrogens with zero attached hydrogens (tertiary/aromatic N) is 3. The van der Waals surface area contributed by atoms with E-state index in [1.54, 1.807) is 37.8 Å². The molecule has 1 saturated heterocycles. The summed E-state index contributed by atoms with van der Waals surface area (Å²) in [5.74, 6) is -4.02. The van der Waals surface area contributed by atoms with Crippen LogP contribution in [0.5, 0.6) is 5.75 Å². The number of benzene rings is 2. The molecule has 0 spiro atoms. The van der Waals surface area contributed by atoms with Gasteiger partial charge in [-0.2, -0.15) is 5.10 Å². The molecule has 2 aliphatic heterocycles. The summed E-state index contributed by atoms with van der Waals surface area (Å²) in [5, 5.41) is 4.33. The third-order valence-electron chi connectivity index (χ3n) is 7.23. The minimum atomic E-state index is -0.985. The monoisotopic (exact) mass is 537 g/mol. The molecule has 3 atom stereocenters. The Balaban J connectivity index is 1.66. The number of aromatic nitrogens is 2. The van der Waals surface area contributed by atoms with Gasteiger partial charge < -0.3 is 14.4 Å². The van der Waals surface area contributed by atoms with Crippen LogP contribution in [0.1, 0.15) is 67.2 Å². The van der Waals surface area contributed by atoms with Crippen LogP contribution in [0.4, 0.5) is 8.78 Å². The van der Waals surface area contributed by atoms with Gasteiger partial charge in [0.25, 0.3) is 5.91 Å². The molecular weight excluding hydrogens is 508 g/mol. The first-order valence-corrected chi connectivity index (χ1v) is 12.8. The fraction of sp³-hybridized carbons (Fsp3) is 0.379. The third-order valence-corrected chi connectivity index (χ3v) is 7.23. The zero-order chi connectivity index (χ0) is 27.9. The Kier molecular flexibility index (Phi) is 6.96. The maximum atomic E-state index is 15.4. The number of hydrogen-bond acceptors (Lipinski definition) is 6. The number of carbonyl (C=O) groups excluding carboxylic acids is 2. The van der Waals surface area contributed by atoms with Gasteiger partial charge in [-0.05, 0) is 45.2 Å². The molecule has 1 unspecified atom stereocenters. The van der Waals surface area contributed by atoms with Gasteiger partial charge in [0.1, 0.15) is 0 Å². The molecular formula is C29H29F2N3O5. The van der Waals surface area contributed by atoms with Gasteiger partial charge in [0, 0.05) is 18.0 Å². The summed E-state index contributed by atoms with van der Waals surface area (Å²) in [7, 11) is 0. The Labute approximate surface area is 224 Å². The normalized spacial score (nSPS) is 19.3. The smallest absolute Gasteiger partial charge is 0.314 e. The van der Waals surface area contributed by atoms with Crippen LogP contribution in [0, 0.1) is 17.0 Å². The molecule has 1 amide bonds. The average Bonchev–Trinajstić information content (AvgIpc) is 3.40. The van der Waals surface area contributed by atoms with Crippen molar-refractivity contribution in [3.8, 4) is 5.75 Å². The fourth-order valence-corrected chi connectivity index (χ4v) is 5.41. The molecule has 0 radical (unpaired) electrons. The van der Waals surface area contributed by atoms with Crippen molar-refractivity contribution in [3.63, 3.8) is 0 Å². The van der Waals surface area contributed by atoms with Crippen molar-refractivity contribution in [1.82, 2.24) is 14.7 Å². The average molecular weight is 538 g/mol. The zero-order valence-electron chi connectivity index (χ0n) is 21.9. The first kappa shape index (κ1) is 26.5. The molecule has 0 saturated carbocycles. The Morgan fingerprint density at radius 1 is 1.10 bits per heavy atom. The Morgan fingerprint density at radius 3 is 2.56 bits per heavy atom. The van der Waals surface area contributed by atoms with Crippen LogP contribution in [-0.2, 0) is 9.53 Å². The van der Waals surface area contributed by atoms with Crippen molar-refractivity contribution in [2.75, 3.05) is 13.3 Å². The number of amides is 1. The maximum Gasteiger partial charge on any atom is 0.314 e. The molecule has 0 bridgehead atoms. The molecule has 2 aliphatic rings. The summed E-state index contributed by atoms with van der Waals surface area (Å²) >= 11 is 0. The summed E-state index contributed by atoms with van der Waals surface area (Å²) in [5.41, 5.74) is -0.764. The second kappa shape index (κ2) is 10.2. The predicted octanol–water partition coefficient (Wildman–Crippen LogP) is 4.44. The van der Waals surface area contributed by atoms with Gasteiger partial charge in [-0.3, -0.25) is 19.1 Å². The standard InChI is InChI=1S/C29H29F2N3O5/c1-29(2,3)28(37)39-16-38-26-21(35)15-32-34-24(20-13-8-14-33(20)27(36)25(26)34)22(17-9-5-4-6-10-17)18-11-7-12-19(30)23(18)31/h4-7,9-12,15,20,22,24H,8,13-14,16H2,1-3H3/t20-,22?,24-/m1/s1. The molecule has 2 aromatic carbocycles. The molecule has 39 heavy (non-hydrogen) atoms. The van der Waals surface area contributed by atoms with E-state index >= 15 is 4.39 Å². The highest BCUT2D eigenvalue weighted by Crippen LogP contribution is 2.46. The van der Waals surface area contributed by atoms with E-state index in [0.717, 1.165) is 12.3 Å². The summed E-state index contributed by atoms with van der Waals surface area (Å²) in [6.45, 7) is 4.87. The van der Waals surface area contributed by atoms with Gasteiger partial charge in [-0.15, -0.1) is 0 Å². The minimum Gasteiger partial charge on any atom is -0.451 e. The van der Waals surface area contributed by atoms with Crippen LogP contribution in [0.25, 0.3) is 0 Å².